The summed E-state index contributed by atoms with van der Waals surface area (Å²) in [5.74, 6) is 0.840. The van der Waals surface area contributed by atoms with Crippen molar-refractivity contribution in [1.82, 2.24) is 15.3 Å². The maximum absolute atomic E-state index is 4.35. The molecule has 0 bridgehead atoms. The molecule has 1 atom stereocenters. The molecule has 0 amide bonds. The molecule has 4 nitrogen and oxygen atoms in total. The van der Waals surface area contributed by atoms with Crippen LogP contribution in [-0.2, 0) is 6.54 Å². The van der Waals surface area contributed by atoms with Crippen LogP contribution >= 0.6 is 15.9 Å². The van der Waals surface area contributed by atoms with Crippen molar-refractivity contribution < 1.29 is 0 Å². The second-order valence-corrected chi connectivity index (χ2v) is 6.26. The number of hydrogen-bond donors (Lipinski definition) is 1. The number of nitrogens with one attached hydrogen (secondary N) is 1. The lowest BCUT2D eigenvalue weighted by atomic mass is 10.1. The van der Waals surface area contributed by atoms with E-state index in [1.54, 1.807) is 12.4 Å². The molecule has 1 N–H and O–H groups in total. The molecule has 110 valence electrons. The van der Waals surface area contributed by atoms with E-state index in [1.165, 1.54) is 18.4 Å². The predicted octanol–water partition coefficient (Wildman–Crippen LogP) is 3.00. The van der Waals surface area contributed by atoms with Gasteiger partial charge in [0.25, 0.3) is 0 Å². The first-order valence-electron chi connectivity index (χ1n) is 7.31. The molecule has 0 saturated carbocycles. The molecule has 1 aliphatic heterocycles. The van der Waals surface area contributed by atoms with Crippen molar-refractivity contribution in [2.45, 2.75) is 25.4 Å². The molecule has 0 spiro atoms. The highest BCUT2D eigenvalue weighted by Crippen LogP contribution is 2.16. The van der Waals surface area contributed by atoms with Crippen molar-refractivity contribution in [1.29, 1.82) is 0 Å². The number of rotatable bonds is 4. The fourth-order valence-corrected chi connectivity index (χ4v) is 2.91. The van der Waals surface area contributed by atoms with Crippen LogP contribution in [-0.4, -0.2) is 29.1 Å². The lowest BCUT2D eigenvalue weighted by Crippen LogP contribution is -2.46. The van der Waals surface area contributed by atoms with E-state index in [0.29, 0.717) is 6.04 Å². The highest BCUT2D eigenvalue weighted by atomic mass is 79.9. The quantitative estimate of drug-likeness (QED) is 0.923. The lowest BCUT2D eigenvalue weighted by Gasteiger charge is -2.33. The first-order chi connectivity index (χ1) is 10.3. The van der Waals surface area contributed by atoms with Gasteiger partial charge in [-0.1, -0.05) is 28.1 Å². The predicted molar refractivity (Wildman–Crippen MR) is 88.2 cm³/mol. The molecule has 1 aromatic carbocycles. The third-order valence-corrected chi connectivity index (χ3v) is 4.29. The van der Waals surface area contributed by atoms with E-state index in [4.69, 9.17) is 0 Å². The Bertz CT molecular complexity index is 558. The van der Waals surface area contributed by atoms with Crippen LogP contribution < -0.4 is 10.2 Å². The summed E-state index contributed by atoms with van der Waals surface area (Å²) in [5, 5.41) is 3.64. The van der Waals surface area contributed by atoms with Crippen LogP contribution in [0.25, 0.3) is 0 Å². The van der Waals surface area contributed by atoms with Crippen LogP contribution in [0.5, 0.6) is 0 Å². The molecule has 3 rings (SSSR count). The van der Waals surface area contributed by atoms with Gasteiger partial charge in [-0.3, -0.25) is 0 Å². The molecular weight excluding hydrogens is 328 g/mol. The molecular formula is C16H19BrN4. The largest absolute Gasteiger partial charge is 0.339 e. The highest BCUT2D eigenvalue weighted by Gasteiger charge is 2.20. The van der Waals surface area contributed by atoms with Crippen LogP contribution in [0.2, 0.25) is 0 Å². The zero-order valence-corrected chi connectivity index (χ0v) is 13.5. The average molecular weight is 347 g/mol. The number of aromatic nitrogens is 2. The van der Waals surface area contributed by atoms with E-state index in [-0.39, 0.29) is 0 Å². The van der Waals surface area contributed by atoms with Gasteiger partial charge in [-0.05, 0) is 36.6 Å². The molecule has 2 aromatic rings. The Morgan fingerprint density at radius 2 is 1.95 bits per heavy atom. The Kier molecular flexibility index (Phi) is 4.83. The molecule has 2 heterocycles. The van der Waals surface area contributed by atoms with E-state index in [1.807, 2.05) is 6.07 Å². The summed E-state index contributed by atoms with van der Waals surface area (Å²) in [6, 6.07) is 10.8. The molecule has 1 saturated heterocycles. The molecule has 1 fully saturated rings. The Hall–Kier alpha value is -1.46. The Morgan fingerprint density at radius 1 is 1.19 bits per heavy atom. The van der Waals surface area contributed by atoms with Gasteiger partial charge in [0.05, 0.1) is 0 Å². The van der Waals surface area contributed by atoms with Gasteiger partial charge in [-0.2, -0.15) is 0 Å². The SMILES string of the molecule is Brc1ccc(CNC2CCCN(c3ncccn3)C2)cc1. The zero-order chi connectivity index (χ0) is 14.5. The van der Waals surface area contributed by atoms with Crippen LogP contribution in [0.4, 0.5) is 5.95 Å². The molecule has 1 aliphatic rings. The summed E-state index contributed by atoms with van der Waals surface area (Å²) < 4.78 is 1.12. The summed E-state index contributed by atoms with van der Waals surface area (Å²) >= 11 is 3.47. The second-order valence-electron chi connectivity index (χ2n) is 5.34. The first-order valence-corrected chi connectivity index (χ1v) is 8.10. The number of hydrogen-bond acceptors (Lipinski definition) is 4. The van der Waals surface area contributed by atoms with Gasteiger partial charge in [0, 0.05) is 42.5 Å². The van der Waals surface area contributed by atoms with Crippen molar-refractivity contribution >= 4 is 21.9 Å². The van der Waals surface area contributed by atoms with Crippen molar-refractivity contribution in [3.63, 3.8) is 0 Å². The Labute approximate surface area is 133 Å². The van der Waals surface area contributed by atoms with E-state index >= 15 is 0 Å². The van der Waals surface area contributed by atoms with Crippen LogP contribution in [0.15, 0.2) is 47.2 Å². The van der Waals surface area contributed by atoms with Crippen molar-refractivity contribution in [2.24, 2.45) is 0 Å². The van der Waals surface area contributed by atoms with E-state index < -0.39 is 0 Å². The van der Waals surface area contributed by atoms with Gasteiger partial charge in [0.1, 0.15) is 0 Å². The lowest BCUT2D eigenvalue weighted by molar-refractivity contribution is 0.418. The number of piperidine rings is 1. The summed E-state index contributed by atoms with van der Waals surface area (Å²) in [5.41, 5.74) is 1.31. The highest BCUT2D eigenvalue weighted by molar-refractivity contribution is 9.10. The number of benzene rings is 1. The van der Waals surface area contributed by atoms with E-state index in [0.717, 1.165) is 30.1 Å². The molecule has 5 heteroatoms. The summed E-state index contributed by atoms with van der Waals surface area (Å²) in [7, 11) is 0. The minimum atomic E-state index is 0.492. The summed E-state index contributed by atoms with van der Waals surface area (Å²) in [6.07, 6.45) is 6.00. The van der Waals surface area contributed by atoms with Crippen LogP contribution in [0, 0.1) is 0 Å². The van der Waals surface area contributed by atoms with Gasteiger partial charge >= 0.3 is 0 Å². The molecule has 1 aromatic heterocycles. The van der Waals surface area contributed by atoms with Crippen LogP contribution in [0.1, 0.15) is 18.4 Å². The van der Waals surface area contributed by atoms with E-state index in [2.05, 4.69) is 60.4 Å². The van der Waals surface area contributed by atoms with E-state index in [9.17, 15) is 0 Å². The molecule has 1 unspecified atom stereocenters. The average Bonchev–Trinajstić information content (AvgIpc) is 2.55. The number of nitrogens with zero attached hydrogens (tertiary/aromatic N) is 3. The van der Waals surface area contributed by atoms with Gasteiger partial charge in [-0.25, -0.2) is 9.97 Å². The smallest absolute Gasteiger partial charge is 0.225 e. The molecule has 0 aliphatic carbocycles. The van der Waals surface area contributed by atoms with Crippen molar-refractivity contribution in [2.75, 3.05) is 18.0 Å². The number of halogens is 1. The molecule has 0 radical (unpaired) electrons. The minimum Gasteiger partial charge on any atom is -0.339 e. The topological polar surface area (TPSA) is 41.0 Å². The standard InChI is InChI=1S/C16H19BrN4/c17-14-6-4-13(5-7-14)11-20-15-3-1-10-21(12-15)16-18-8-2-9-19-16/h2,4-9,15,20H,1,3,10-12H2. The van der Waals surface area contributed by atoms with Gasteiger partial charge in [0.2, 0.25) is 5.95 Å². The third kappa shape index (κ3) is 4.02. The van der Waals surface area contributed by atoms with Crippen molar-refractivity contribution in [3.05, 3.63) is 52.8 Å². The maximum Gasteiger partial charge on any atom is 0.225 e. The fraction of sp³-hybridized carbons (Fsp3) is 0.375. The summed E-state index contributed by atoms with van der Waals surface area (Å²) in [6.45, 7) is 2.92. The normalized spacial score (nSPS) is 18.7. The minimum absolute atomic E-state index is 0.492. The number of anilines is 1. The monoisotopic (exact) mass is 346 g/mol. The second kappa shape index (κ2) is 7.00. The van der Waals surface area contributed by atoms with Crippen LogP contribution in [0.3, 0.4) is 0 Å². The Morgan fingerprint density at radius 3 is 2.71 bits per heavy atom. The van der Waals surface area contributed by atoms with Gasteiger partial charge in [-0.15, -0.1) is 0 Å². The Balaban J connectivity index is 1.55. The molecule has 21 heavy (non-hydrogen) atoms. The fourth-order valence-electron chi connectivity index (χ4n) is 2.64. The summed E-state index contributed by atoms with van der Waals surface area (Å²) in [4.78, 5) is 11.0. The first kappa shape index (κ1) is 14.5. The van der Waals surface area contributed by atoms with Crippen molar-refractivity contribution in [3.8, 4) is 0 Å². The third-order valence-electron chi connectivity index (χ3n) is 3.76. The van der Waals surface area contributed by atoms with Gasteiger partial charge < -0.3 is 10.2 Å². The maximum atomic E-state index is 4.35. The zero-order valence-electron chi connectivity index (χ0n) is 11.9. The van der Waals surface area contributed by atoms with Gasteiger partial charge in [0.15, 0.2) is 0 Å².